The molecular weight excluding hydrogens is 427 g/mol. The summed E-state index contributed by atoms with van der Waals surface area (Å²) in [5.41, 5.74) is 0.810. The van der Waals surface area contributed by atoms with E-state index >= 15 is 0 Å². The van der Waals surface area contributed by atoms with E-state index in [-0.39, 0.29) is 29.7 Å². The van der Waals surface area contributed by atoms with Gasteiger partial charge in [0.1, 0.15) is 21.7 Å². The molecule has 1 fully saturated rings. The molecule has 3 aromatic rings. The Morgan fingerprint density at radius 2 is 2.00 bits per heavy atom. The Morgan fingerprint density at radius 1 is 1.23 bits per heavy atom. The average Bonchev–Trinajstić information content (AvgIpc) is 3.22. The highest BCUT2D eigenvalue weighted by molar-refractivity contribution is 7.89. The van der Waals surface area contributed by atoms with Crippen LogP contribution < -0.4 is 5.32 Å². The maximum absolute atomic E-state index is 13.3. The zero-order valence-electron chi connectivity index (χ0n) is 16.3. The quantitative estimate of drug-likeness (QED) is 0.648. The SMILES string of the molecule is C[C@]1(C(=O)NCc2ccc(F)cc2)CCCN(S(=O)(=O)c2cccc3nsnc23)C1. The first-order valence-electron chi connectivity index (χ1n) is 9.54. The van der Waals surface area contributed by atoms with Crippen molar-refractivity contribution in [2.75, 3.05) is 13.1 Å². The van der Waals surface area contributed by atoms with Crippen molar-refractivity contribution in [2.24, 2.45) is 5.41 Å². The van der Waals surface area contributed by atoms with Crippen molar-refractivity contribution < 1.29 is 17.6 Å². The Bertz CT molecular complexity index is 1180. The van der Waals surface area contributed by atoms with Crippen molar-refractivity contribution in [1.82, 2.24) is 18.4 Å². The van der Waals surface area contributed by atoms with Gasteiger partial charge in [-0.1, -0.05) is 18.2 Å². The van der Waals surface area contributed by atoms with Crippen LogP contribution in [0.2, 0.25) is 0 Å². The molecule has 158 valence electrons. The number of amides is 1. The molecule has 1 saturated heterocycles. The zero-order chi connectivity index (χ0) is 21.4. The number of fused-ring (bicyclic) bond motifs is 1. The minimum Gasteiger partial charge on any atom is -0.352 e. The van der Waals surface area contributed by atoms with E-state index in [0.717, 1.165) is 17.3 Å². The second-order valence-electron chi connectivity index (χ2n) is 7.70. The number of carbonyl (C=O) groups is 1. The normalized spacial score (nSPS) is 20.3. The first kappa shape index (κ1) is 20.8. The number of benzene rings is 2. The Kier molecular flexibility index (Phi) is 5.56. The van der Waals surface area contributed by atoms with Crippen molar-refractivity contribution in [3.63, 3.8) is 0 Å². The Morgan fingerprint density at radius 3 is 2.77 bits per heavy atom. The van der Waals surface area contributed by atoms with Crippen molar-refractivity contribution in [3.05, 3.63) is 53.8 Å². The first-order valence-corrected chi connectivity index (χ1v) is 11.7. The van der Waals surface area contributed by atoms with E-state index in [1.54, 1.807) is 31.2 Å². The summed E-state index contributed by atoms with van der Waals surface area (Å²) in [4.78, 5) is 13.0. The molecule has 7 nitrogen and oxygen atoms in total. The van der Waals surface area contributed by atoms with E-state index in [2.05, 4.69) is 14.1 Å². The molecule has 0 bridgehead atoms. The standard InChI is InChI=1S/C20H21FN4O3S2/c1-20(19(26)22-12-14-6-8-15(21)9-7-14)10-3-11-25(13-20)30(27,28)17-5-2-4-16-18(17)24-29-23-16/h2,4-9H,3,10-13H2,1H3,(H,22,26)/t20-/m0/s1. The minimum atomic E-state index is -3.82. The van der Waals surface area contributed by atoms with Gasteiger partial charge in [-0.25, -0.2) is 12.8 Å². The number of carbonyl (C=O) groups excluding carboxylic acids is 1. The number of sulfonamides is 1. The van der Waals surface area contributed by atoms with Crippen LogP contribution in [0.15, 0.2) is 47.4 Å². The van der Waals surface area contributed by atoms with Gasteiger partial charge in [0.2, 0.25) is 15.9 Å². The van der Waals surface area contributed by atoms with Gasteiger partial charge in [0, 0.05) is 19.6 Å². The van der Waals surface area contributed by atoms with Crippen LogP contribution in [-0.4, -0.2) is 40.5 Å². The molecule has 10 heteroatoms. The molecule has 0 spiro atoms. The van der Waals surface area contributed by atoms with Crippen LogP contribution in [0.25, 0.3) is 11.0 Å². The average molecular weight is 449 g/mol. The zero-order valence-corrected chi connectivity index (χ0v) is 18.0. The third kappa shape index (κ3) is 3.94. The number of aromatic nitrogens is 2. The summed E-state index contributed by atoms with van der Waals surface area (Å²) < 4.78 is 49.3. The molecule has 1 amide bonds. The first-order chi connectivity index (χ1) is 14.3. The van der Waals surface area contributed by atoms with Gasteiger partial charge in [0.25, 0.3) is 0 Å². The molecule has 0 aliphatic carbocycles. The number of piperidine rings is 1. The molecule has 1 aliphatic rings. The van der Waals surface area contributed by atoms with E-state index in [1.165, 1.54) is 22.5 Å². The van der Waals surface area contributed by atoms with Crippen LogP contribution >= 0.6 is 11.7 Å². The Hall–Kier alpha value is -2.43. The second kappa shape index (κ2) is 8.01. The lowest BCUT2D eigenvalue weighted by molar-refractivity contribution is -0.132. The van der Waals surface area contributed by atoms with Crippen LogP contribution in [0.5, 0.6) is 0 Å². The molecule has 30 heavy (non-hydrogen) atoms. The van der Waals surface area contributed by atoms with Crippen molar-refractivity contribution in [2.45, 2.75) is 31.2 Å². The lowest BCUT2D eigenvalue weighted by Crippen LogP contribution is -2.51. The summed E-state index contributed by atoms with van der Waals surface area (Å²) in [6, 6.07) is 10.8. The fourth-order valence-electron chi connectivity index (χ4n) is 3.71. The largest absolute Gasteiger partial charge is 0.352 e. The van der Waals surface area contributed by atoms with E-state index in [9.17, 15) is 17.6 Å². The van der Waals surface area contributed by atoms with Crippen LogP contribution in [0, 0.1) is 11.2 Å². The summed E-state index contributed by atoms with van der Waals surface area (Å²) in [5, 5.41) is 2.86. The van der Waals surface area contributed by atoms with Crippen LogP contribution in [-0.2, 0) is 21.4 Å². The number of rotatable bonds is 5. The maximum Gasteiger partial charge on any atom is 0.245 e. The fourth-order valence-corrected chi connectivity index (χ4v) is 6.07. The highest BCUT2D eigenvalue weighted by Crippen LogP contribution is 2.34. The highest BCUT2D eigenvalue weighted by Gasteiger charge is 2.42. The predicted molar refractivity (Wildman–Crippen MR) is 112 cm³/mol. The summed E-state index contributed by atoms with van der Waals surface area (Å²) >= 11 is 0.969. The molecule has 1 aliphatic heterocycles. The summed E-state index contributed by atoms with van der Waals surface area (Å²) in [6.45, 7) is 2.46. The molecular formula is C20H21FN4O3S2. The number of hydrogen-bond acceptors (Lipinski definition) is 6. The molecule has 0 unspecified atom stereocenters. The molecule has 1 N–H and O–H groups in total. The minimum absolute atomic E-state index is 0.0819. The predicted octanol–water partition coefficient (Wildman–Crippen LogP) is 2.94. The third-order valence-electron chi connectivity index (χ3n) is 5.44. The van der Waals surface area contributed by atoms with Gasteiger partial charge in [-0.15, -0.1) is 0 Å². The van der Waals surface area contributed by atoms with E-state index in [4.69, 9.17) is 0 Å². The van der Waals surface area contributed by atoms with Gasteiger partial charge in [-0.2, -0.15) is 13.1 Å². The second-order valence-corrected chi connectivity index (χ2v) is 10.1. The summed E-state index contributed by atoms with van der Waals surface area (Å²) in [6.07, 6.45) is 1.15. The van der Waals surface area contributed by atoms with Gasteiger partial charge < -0.3 is 5.32 Å². The molecule has 1 atom stereocenters. The van der Waals surface area contributed by atoms with Crippen molar-refractivity contribution >= 4 is 38.7 Å². The molecule has 2 heterocycles. The number of nitrogens with one attached hydrogen (secondary N) is 1. The van der Waals surface area contributed by atoms with Gasteiger partial charge in [0.05, 0.1) is 17.1 Å². The smallest absolute Gasteiger partial charge is 0.245 e. The number of halogens is 1. The third-order valence-corrected chi connectivity index (χ3v) is 7.86. The van der Waals surface area contributed by atoms with Crippen molar-refractivity contribution in [1.29, 1.82) is 0 Å². The van der Waals surface area contributed by atoms with Crippen molar-refractivity contribution in [3.8, 4) is 0 Å². The van der Waals surface area contributed by atoms with Crippen LogP contribution in [0.3, 0.4) is 0 Å². The lowest BCUT2D eigenvalue weighted by atomic mass is 9.82. The molecule has 0 saturated carbocycles. The summed E-state index contributed by atoms with van der Waals surface area (Å²) in [5.74, 6) is -0.559. The molecule has 0 radical (unpaired) electrons. The topological polar surface area (TPSA) is 92.3 Å². The number of nitrogens with zero attached hydrogens (tertiary/aromatic N) is 3. The van der Waals surface area contributed by atoms with Crippen LogP contribution in [0.1, 0.15) is 25.3 Å². The number of hydrogen-bond donors (Lipinski definition) is 1. The van der Waals surface area contributed by atoms with E-state index in [1.807, 2.05) is 0 Å². The fraction of sp³-hybridized carbons (Fsp3) is 0.350. The lowest BCUT2D eigenvalue weighted by Gasteiger charge is -2.38. The van der Waals surface area contributed by atoms with Gasteiger partial charge >= 0.3 is 0 Å². The van der Waals surface area contributed by atoms with Gasteiger partial charge in [-0.3, -0.25) is 4.79 Å². The molecule has 2 aromatic carbocycles. The summed E-state index contributed by atoms with van der Waals surface area (Å²) in [7, 11) is -3.82. The van der Waals surface area contributed by atoms with E-state index in [0.29, 0.717) is 30.4 Å². The molecule has 4 rings (SSSR count). The van der Waals surface area contributed by atoms with E-state index < -0.39 is 15.4 Å². The van der Waals surface area contributed by atoms with Gasteiger partial charge in [0.15, 0.2) is 0 Å². The molecule has 1 aromatic heterocycles. The van der Waals surface area contributed by atoms with Crippen LogP contribution in [0.4, 0.5) is 4.39 Å². The van der Waals surface area contributed by atoms with Gasteiger partial charge in [-0.05, 0) is 49.6 Å². The Labute approximate surface area is 178 Å². The Balaban J connectivity index is 1.52. The monoisotopic (exact) mass is 448 g/mol. The highest BCUT2D eigenvalue weighted by atomic mass is 32.2. The maximum atomic E-state index is 13.3.